The highest BCUT2D eigenvalue weighted by Gasteiger charge is 2.17. The van der Waals surface area contributed by atoms with E-state index in [4.69, 9.17) is 4.98 Å². The Kier molecular flexibility index (Phi) is 5.59. The lowest BCUT2D eigenvalue weighted by Gasteiger charge is -2.07. The lowest BCUT2D eigenvalue weighted by Crippen LogP contribution is -2.24. The van der Waals surface area contributed by atoms with Crippen LogP contribution >= 0.6 is 11.3 Å². The molecule has 0 aliphatic rings. The predicted molar refractivity (Wildman–Crippen MR) is 130 cm³/mol. The minimum atomic E-state index is -0.204. The van der Waals surface area contributed by atoms with Crippen LogP contribution < -0.4 is 5.32 Å². The van der Waals surface area contributed by atoms with Crippen molar-refractivity contribution in [3.63, 3.8) is 0 Å². The van der Waals surface area contributed by atoms with Gasteiger partial charge in [-0.1, -0.05) is 72.8 Å². The number of nitrogens with zero attached hydrogens (tertiary/aromatic N) is 2. The Bertz CT molecular complexity index is 1350. The molecule has 5 rings (SSSR count). The third-order valence-electron chi connectivity index (χ3n) is 5.04. The Morgan fingerprint density at radius 1 is 0.906 bits per heavy atom. The monoisotopic (exact) mass is 436 g/mol. The second-order valence-corrected chi connectivity index (χ2v) is 8.16. The summed E-state index contributed by atoms with van der Waals surface area (Å²) in [7, 11) is 0. The van der Waals surface area contributed by atoms with Crippen molar-refractivity contribution in [2.45, 2.75) is 6.54 Å². The summed E-state index contributed by atoms with van der Waals surface area (Å²) in [6.07, 6.45) is 1.80. The van der Waals surface area contributed by atoms with E-state index in [0.717, 1.165) is 32.9 Å². The molecule has 0 saturated heterocycles. The van der Waals surface area contributed by atoms with Crippen LogP contribution in [-0.2, 0) is 11.3 Å². The molecule has 3 aromatic carbocycles. The molecular formula is C26H20N4OS. The van der Waals surface area contributed by atoms with Crippen molar-refractivity contribution < 1.29 is 4.79 Å². The number of carbonyl (C=O) groups excluding carboxylic acids is 1. The van der Waals surface area contributed by atoms with Gasteiger partial charge in [-0.25, -0.2) is 9.97 Å². The van der Waals surface area contributed by atoms with Crippen LogP contribution in [0.5, 0.6) is 0 Å². The smallest absolute Gasteiger partial charge is 0.255 e. The van der Waals surface area contributed by atoms with E-state index in [0.29, 0.717) is 17.9 Å². The molecule has 1 amide bonds. The van der Waals surface area contributed by atoms with Crippen LogP contribution in [0.25, 0.3) is 33.9 Å². The summed E-state index contributed by atoms with van der Waals surface area (Å²) in [5, 5.41) is 5.75. The molecule has 0 bridgehead atoms. The van der Waals surface area contributed by atoms with Crippen LogP contribution in [0.3, 0.4) is 0 Å². The number of rotatable bonds is 6. The first kappa shape index (κ1) is 19.9. The van der Waals surface area contributed by atoms with E-state index in [9.17, 15) is 4.79 Å². The number of hydrogen-bond acceptors (Lipinski definition) is 4. The molecule has 0 atom stereocenters. The van der Waals surface area contributed by atoms with Crippen molar-refractivity contribution in [2.24, 2.45) is 0 Å². The normalized spacial score (nSPS) is 11.6. The van der Waals surface area contributed by atoms with Gasteiger partial charge in [-0.3, -0.25) is 4.79 Å². The molecule has 2 N–H and O–H groups in total. The summed E-state index contributed by atoms with van der Waals surface area (Å²) in [4.78, 5) is 25.8. The molecule has 5 aromatic rings. The minimum absolute atomic E-state index is 0.204. The number of H-pyrrole nitrogens is 1. The molecule has 2 heterocycles. The number of nitrogens with one attached hydrogen (secondary N) is 2. The Balaban J connectivity index is 1.49. The Morgan fingerprint density at radius 3 is 2.41 bits per heavy atom. The van der Waals surface area contributed by atoms with Gasteiger partial charge < -0.3 is 10.3 Å². The first-order chi connectivity index (χ1) is 15.8. The second-order valence-electron chi connectivity index (χ2n) is 7.27. The molecule has 0 saturated carbocycles. The highest BCUT2D eigenvalue weighted by Crippen LogP contribution is 2.25. The average molecular weight is 437 g/mol. The van der Waals surface area contributed by atoms with Crippen molar-refractivity contribution in [3.05, 3.63) is 107 Å². The first-order valence-electron chi connectivity index (χ1n) is 10.3. The quantitative estimate of drug-likeness (QED) is 0.343. The van der Waals surface area contributed by atoms with E-state index in [-0.39, 0.29) is 5.91 Å². The van der Waals surface area contributed by atoms with Gasteiger partial charge in [-0.05, 0) is 23.8 Å². The van der Waals surface area contributed by atoms with Crippen LogP contribution in [0, 0.1) is 0 Å². The molecule has 0 aliphatic heterocycles. The van der Waals surface area contributed by atoms with Gasteiger partial charge in [0.15, 0.2) is 0 Å². The zero-order valence-corrected chi connectivity index (χ0v) is 18.0. The van der Waals surface area contributed by atoms with E-state index in [1.807, 2.05) is 90.3 Å². The maximum atomic E-state index is 13.2. The van der Waals surface area contributed by atoms with Gasteiger partial charge in [0.05, 0.1) is 22.3 Å². The standard InChI is InChI=1S/C26H20N4OS/c31-26(27-16-18-9-3-1-4-10-18)20(25-29-21-13-7-8-14-22(21)30-25)15-24-28-23(17-32-24)19-11-5-2-6-12-19/h1-15,17H,16H2,(H,27,31)(H,29,30)/b20-15+. The van der Waals surface area contributed by atoms with Crippen LogP contribution in [0.15, 0.2) is 90.3 Å². The van der Waals surface area contributed by atoms with Gasteiger partial charge in [-0.15, -0.1) is 11.3 Å². The summed E-state index contributed by atoms with van der Waals surface area (Å²) in [6, 6.07) is 27.6. The van der Waals surface area contributed by atoms with Crippen LogP contribution in [0.4, 0.5) is 0 Å². The minimum Gasteiger partial charge on any atom is -0.348 e. The summed E-state index contributed by atoms with van der Waals surface area (Å²) in [5.41, 5.74) is 5.11. The third-order valence-corrected chi connectivity index (χ3v) is 5.84. The molecule has 32 heavy (non-hydrogen) atoms. The fraction of sp³-hybridized carbons (Fsp3) is 0.0385. The average Bonchev–Trinajstić information content (AvgIpc) is 3.49. The molecular weight excluding hydrogens is 416 g/mol. The highest BCUT2D eigenvalue weighted by molar-refractivity contribution is 7.11. The van der Waals surface area contributed by atoms with Crippen molar-refractivity contribution in [1.82, 2.24) is 20.3 Å². The van der Waals surface area contributed by atoms with E-state index < -0.39 is 0 Å². The molecule has 0 radical (unpaired) electrons. The number of aromatic amines is 1. The molecule has 0 spiro atoms. The number of aromatic nitrogens is 3. The fourth-order valence-corrected chi connectivity index (χ4v) is 4.17. The van der Waals surface area contributed by atoms with E-state index in [2.05, 4.69) is 15.3 Å². The topological polar surface area (TPSA) is 70.7 Å². The van der Waals surface area contributed by atoms with Crippen molar-refractivity contribution >= 4 is 39.9 Å². The van der Waals surface area contributed by atoms with Gasteiger partial charge in [0.2, 0.25) is 0 Å². The number of hydrogen-bond donors (Lipinski definition) is 2. The number of carbonyl (C=O) groups is 1. The van der Waals surface area contributed by atoms with Gasteiger partial charge in [0.25, 0.3) is 5.91 Å². The molecule has 0 unspecified atom stereocenters. The van der Waals surface area contributed by atoms with Crippen LogP contribution in [-0.4, -0.2) is 20.9 Å². The van der Waals surface area contributed by atoms with Gasteiger partial charge in [0.1, 0.15) is 10.8 Å². The van der Waals surface area contributed by atoms with Crippen molar-refractivity contribution in [1.29, 1.82) is 0 Å². The van der Waals surface area contributed by atoms with Crippen LogP contribution in [0.2, 0.25) is 0 Å². The molecule has 6 heteroatoms. The number of thiazole rings is 1. The van der Waals surface area contributed by atoms with Gasteiger partial charge in [0, 0.05) is 17.5 Å². The van der Waals surface area contributed by atoms with E-state index in [1.165, 1.54) is 11.3 Å². The highest BCUT2D eigenvalue weighted by atomic mass is 32.1. The third kappa shape index (κ3) is 4.36. The first-order valence-corrected chi connectivity index (χ1v) is 11.1. The molecule has 2 aromatic heterocycles. The predicted octanol–water partition coefficient (Wildman–Crippen LogP) is 5.54. The zero-order chi connectivity index (χ0) is 21.8. The lowest BCUT2D eigenvalue weighted by atomic mass is 10.2. The number of amides is 1. The largest absolute Gasteiger partial charge is 0.348 e. The number of para-hydroxylation sites is 2. The Morgan fingerprint density at radius 2 is 1.62 bits per heavy atom. The lowest BCUT2D eigenvalue weighted by molar-refractivity contribution is -0.115. The molecule has 156 valence electrons. The summed E-state index contributed by atoms with van der Waals surface area (Å²) >= 11 is 1.50. The molecule has 5 nitrogen and oxygen atoms in total. The summed E-state index contributed by atoms with van der Waals surface area (Å²) in [5.74, 6) is 0.317. The van der Waals surface area contributed by atoms with Gasteiger partial charge in [-0.2, -0.15) is 0 Å². The van der Waals surface area contributed by atoms with Crippen molar-refractivity contribution in [3.8, 4) is 11.3 Å². The summed E-state index contributed by atoms with van der Waals surface area (Å²) in [6.45, 7) is 0.435. The van der Waals surface area contributed by atoms with E-state index >= 15 is 0 Å². The van der Waals surface area contributed by atoms with Gasteiger partial charge >= 0.3 is 0 Å². The maximum absolute atomic E-state index is 13.2. The molecule has 0 fully saturated rings. The number of imidazole rings is 1. The fourth-order valence-electron chi connectivity index (χ4n) is 3.41. The van der Waals surface area contributed by atoms with Crippen molar-refractivity contribution in [2.75, 3.05) is 0 Å². The number of benzene rings is 3. The zero-order valence-electron chi connectivity index (χ0n) is 17.2. The number of fused-ring (bicyclic) bond motifs is 1. The Hall–Kier alpha value is -4.03. The summed E-state index contributed by atoms with van der Waals surface area (Å²) < 4.78 is 0. The Labute approximate surface area is 189 Å². The molecule has 0 aliphatic carbocycles. The van der Waals surface area contributed by atoms with E-state index in [1.54, 1.807) is 6.08 Å². The SMILES string of the molecule is O=C(NCc1ccccc1)/C(=C/c1nc(-c2ccccc2)cs1)c1nc2ccccc2[nH]1. The maximum Gasteiger partial charge on any atom is 0.255 e. The van der Waals surface area contributed by atoms with Crippen LogP contribution in [0.1, 0.15) is 16.4 Å². The second kappa shape index (κ2) is 8.99.